The highest BCUT2D eigenvalue weighted by atomic mass is 32.2. The number of aromatic amines is 1. The van der Waals surface area contributed by atoms with Crippen molar-refractivity contribution in [2.75, 3.05) is 29.1 Å². The first-order chi connectivity index (χ1) is 22.1. The summed E-state index contributed by atoms with van der Waals surface area (Å²) in [4.78, 5) is 40.6. The molecule has 1 aromatic heterocycles. The number of rotatable bonds is 9. The highest BCUT2D eigenvalue weighted by molar-refractivity contribution is 7.98. The number of hydrogen-bond donors (Lipinski definition) is 3. The number of fused-ring (bicyclic) bond motifs is 1. The predicted molar refractivity (Wildman–Crippen MR) is 180 cm³/mol. The number of ketones is 1. The van der Waals surface area contributed by atoms with E-state index in [0.29, 0.717) is 16.6 Å². The zero-order valence-electron chi connectivity index (χ0n) is 26.2. The maximum atomic E-state index is 13.8. The molecule has 1 saturated heterocycles. The van der Waals surface area contributed by atoms with Gasteiger partial charge in [0.2, 0.25) is 5.78 Å². The van der Waals surface area contributed by atoms with E-state index in [2.05, 4.69) is 22.1 Å². The molecule has 1 aliphatic rings. The first-order valence-electron chi connectivity index (χ1n) is 15.3. The van der Waals surface area contributed by atoms with Gasteiger partial charge in [0.1, 0.15) is 0 Å². The van der Waals surface area contributed by atoms with Gasteiger partial charge < -0.3 is 20.3 Å². The predicted octanol–water partition coefficient (Wildman–Crippen LogP) is 9.03. The molecule has 11 heteroatoms. The maximum Gasteiger partial charge on any atom is 0.416 e. The standard InChI is InChI=1S/C32H32F3N3O2S.C2H6.CH2O2/c1-2-15-41-20-21-7-6-8-23(16-21)31(40)37-27-12-11-25(38-13-4-3-5-14-38)19-26(27)30(39)29-17-22-9-10-24(32(33,34)35)18-28(22)36-29;1-2;2-1-3/h6-12,16-19,36H,2-5,13-15,20H2,1H3,(H,37,40);1-2H3;1H,(H,2,3). The van der Waals surface area contributed by atoms with Crippen molar-refractivity contribution in [3.8, 4) is 0 Å². The lowest BCUT2D eigenvalue weighted by Crippen LogP contribution is -2.29. The van der Waals surface area contributed by atoms with Crippen LogP contribution in [-0.4, -0.2) is 47.1 Å². The van der Waals surface area contributed by atoms with E-state index < -0.39 is 17.5 Å². The molecular formula is C35H40F3N3O4S. The summed E-state index contributed by atoms with van der Waals surface area (Å²) in [6.07, 6.45) is -0.150. The number of amides is 1. The minimum Gasteiger partial charge on any atom is -0.483 e. The van der Waals surface area contributed by atoms with Crippen molar-refractivity contribution >= 4 is 52.2 Å². The van der Waals surface area contributed by atoms with Crippen LogP contribution in [-0.2, 0) is 16.7 Å². The second-order valence-corrected chi connectivity index (χ2v) is 11.5. The van der Waals surface area contributed by atoms with E-state index in [1.807, 2.05) is 38.1 Å². The largest absolute Gasteiger partial charge is 0.483 e. The van der Waals surface area contributed by atoms with Crippen LogP contribution in [0.2, 0.25) is 0 Å². The maximum absolute atomic E-state index is 13.8. The van der Waals surface area contributed by atoms with Gasteiger partial charge in [0.15, 0.2) is 0 Å². The molecule has 7 nitrogen and oxygen atoms in total. The molecule has 0 bridgehead atoms. The topological polar surface area (TPSA) is 103 Å². The molecule has 4 aromatic rings. The fraction of sp³-hybridized carbons (Fsp3) is 0.343. The zero-order valence-corrected chi connectivity index (χ0v) is 27.1. The van der Waals surface area contributed by atoms with Crippen molar-refractivity contribution in [1.29, 1.82) is 0 Å². The summed E-state index contributed by atoms with van der Waals surface area (Å²) < 4.78 is 39.8. The number of aromatic nitrogens is 1. The van der Waals surface area contributed by atoms with Crippen LogP contribution in [0.4, 0.5) is 24.5 Å². The van der Waals surface area contributed by atoms with Crippen molar-refractivity contribution in [1.82, 2.24) is 4.98 Å². The van der Waals surface area contributed by atoms with Gasteiger partial charge in [0, 0.05) is 46.6 Å². The third-order valence-corrected chi connectivity index (χ3v) is 8.45. The Morgan fingerprint density at radius 3 is 2.39 bits per heavy atom. The molecule has 3 N–H and O–H groups in total. The molecule has 3 aromatic carbocycles. The van der Waals surface area contributed by atoms with Crippen LogP contribution in [0.5, 0.6) is 0 Å². The number of nitrogens with one attached hydrogen (secondary N) is 2. The molecule has 0 radical (unpaired) electrons. The van der Waals surface area contributed by atoms with Crippen molar-refractivity contribution in [3.63, 3.8) is 0 Å². The molecule has 46 heavy (non-hydrogen) atoms. The van der Waals surface area contributed by atoms with E-state index in [1.54, 1.807) is 36.0 Å². The number of carboxylic acid groups (broad SMARTS) is 1. The average Bonchev–Trinajstić information content (AvgIpc) is 3.50. The number of piperidine rings is 1. The number of halogens is 3. The minimum atomic E-state index is -4.49. The number of thioether (sulfide) groups is 1. The van der Waals surface area contributed by atoms with Gasteiger partial charge in [-0.05, 0) is 85.5 Å². The summed E-state index contributed by atoms with van der Waals surface area (Å²) in [5, 5.41) is 10.3. The highest BCUT2D eigenvalue weighted by Gasteiger charge is 2.31. The Morgan fingerprint density at radius 2 is 1.72 bits per heavy atom. The van der Waals surface area contributed by atoms with E-state index in [-0.39, 0.29) is 29.2 Å². The minimum absolute atomic E-state index is 0.153. The van der Waals surface area contributed by atoms with Crippen LogP contribution >= 0.6 is 11.8 Å². The Balaban J connectivity index is 0.00000109. The number of nitrogens with zero attached hydrogens (tertiary/aromatic N) is 1. The molecule has 0 saturated carbocycles. The molecular weight excluding hydrogens is 615 g/mol. The lowest BCUT2D eigenvalue weighted by Gasteiger charge is -2.29. The smallest absolute Gasteiger partial charge is 0.416 e. The summed E-state index contributed by atoms with van der Waals surface area (Å²) in [7, 11) is 0. The number of carbonyl (C=O) groups is 3. The van der Waals surface area contributed by atoms with Crippen LogP contribution < -0.4 is 10.2 Å². The molecule has 0 aliphatic carbocycles. The van der Waals surface area contributed by atoms with E-state index >= 15 is 0 Å². The number of carbonyl (C=O) groups excluding carboxylic acids is 2. The first-order valence-corrected chi connectivity index (χ1v) is 16.5. The summed E-state index contributed by atoms with van der Waals surface area (Å²) in [5.41, 5.74) is 2.62. The van der Waals surface area contributed by atoms with Crippen molar-refractivity contribution in [2.24, 2.45) is 0 Å². The third-order valence-electron chi connectivity index (χ3n) is 7.22. The van der Waals surface area contributed by atoms with Gasteiger partial charge in [-0.15, -0.1) is 0 Å². The normalized spacial score (nSPS) is 12.8. The number of benzene rings is 3. The SMILES string of the molecule is CC.CCCSCc1cccc(C(=O)Nc2ccc(N3CCCCC3)cc2C(=O)c2cc3ccc(C(F)(F)F)cc3[nH]2)c1.O=CO. The fourth-order valence-corrected chi connectivity index (χ4v) is 5.93. The molecule has 0 atom stereocenters. The van der Waals surface area contributed by atoms with Gasteiger partial charge >= 0.3 is 6.18 Å². The van der Waals surface area contributed by atoms with Crippen LogP contribution in [0.3, 0.4) is 0 Å². The van der Waals surface area contributed by atoms with Gasteiger partial charge in [0.05, 0.1) is 16.9 Å². The Morgan fingerprint density at radius 1 is 1.00 bits per heavy atom. The van der Waals surface area contributed by atoms with E-state index in [4.69, 9.17) is 9.90 Å². The van der Waals surface area contributed by atoms with E-state index in [9.17, 15) is 22.8 Å². The Labute approximate surface area is 271 Å². The van der Waals surface area contributed by atoms with Crippen LogP contribution in [0.15, 0.2) is 66.7 Å². The Bertz CT molecular complexity index is 1610. The lowest BCUT2D eigenvalue weighted by molar-refractivity contribution is -0.137. The third kappa shape index (κ3) is 9.62. The average molecular weight is 656 g/mol. The quantitative estimate of drug-likeness (QED) is 0.0945. The van der Waals surface area contributed by atoms with Crippen molar-refractivity contribution in [3.05, 3.63) is 94.7 Å². The molecule has 1 amide bonds. The van der Waals surface area contributed by atoms with Crippen LogP contribution in [0.1, 0.15) is 84.0 Å². The summed E-state index contributed by atoms with van der Waals surface area (Å²) >= 11 is 1.81. The van der Waals surface area contributed by atoms with Gasteiger partial charge in [-0.25, -0.2) is 0 Å². The molecule has 0 spiro atoms. The lowest BCUT2D eigenvalue weighted by atomic mass is 10.0. The number of H-pyrrole nitrogens is 1. The van der Waals surface area contributed by atoms with Gasteiger partial charge in [-0.2, -0.15) is 24.9 Å². The number of anilines is 2. The molecule has 2 heterocycles. The molecule has 246 valence electrons. The summed E-state index contributed by atoms with van der Waals surface area (Å²) in [5.74, 6) is 1.10. The fourth-order valence-electron chi connectivity index (χ4n) is 5.08. The summed E-state index contributed by atoms with van der Waals surface area (Å²) in [6.45, 7) is 7.62. The van der Waals surface area contributed by atoms with E-state index in [0.717, 1.165) is 73.7 Å². The molecule has 1 aliphatic heterocycles. The van der Waals surface area contributed by atoms with E-state index in [1.165, 1.54) is 6.07 Å². The number of hydrogen-bond acceptors (Lipinski definition) is 5. The number of alkyl halides is 3. The van der Waals surface area contributed by atoms with Gasteiger partial charge in [-0.3, -0.25) is 14.4 Å². The molecule has 0 unspecified atom stereocenters. The second-order valence-electron chi connectivity index (χ2n) is 10.4. The van der Waals surface area contributed by atoms with Gasteiger partial charge in [0.25, 0.3) is 12.4 Å². The van der Waals surface area contributed by atoms with Crippen molar-refractivity contribution < 1.29 is 32.7 Å². The van der Waals surface area contributed by atoms with Crippen molar-refractivity contribution in [2.45, 2.75) is 58.4 Å². The first kappa shape index (κ1) is 36.2. The van der Waals surface area contributed by atoms with Gasteiger partial charge in [-0.1, -0.05) is 39.0 Å². The molecule has 1 fully saturated rings. The van der Waals surface area contributed by atoms with Crippen LogP contribution in [0, 0.1) is 0 Å². The Kier molecular flexibility index (Phi) is 13.7. The highest BCUT2D eigenvalue weighted by Crippen LogP contribution is 2.33. The second kappa shape index (κ2) is 17.4. The summed E-state index contributed by atoms with van der Waals surface area (Å²) in [6, 6.07) is 17.7. The monoisotopic (exact) mass is 655 g/mol. The van der Waals surface area contributed by atoms with Crippen LogP contribution in [0.25, 0.3) is 10.9 Å². The molecule has 5 rings (SSSR count). The Hall–Kier alpha value is -4.25. The zero-order chi connectivity index (χ0) is 33.7.